The number of hydrogen-bond donors (Lipinski definition) is 3. The van der Waals surface area contributed by atoms with Gasteiger partial charge in [-0.05, 0) is 24.3 Å². The maximum atomic E-state index is 12.5. The minimum atomic E-state index is -0.231. The maximum absolute atomic E-state index is 12.5. The number of carbonyl (C=O) groups excluding carboxylic acids is 1. The fourth-order valence-corrected chi connectivity index (χ4v) is 3.67. The Morgan fingerprint density at radius 2 is 2.06 bits per heavy atom. The van der Waals surface area contributed by atoms with Crippen molar-refractivity contribution in [2.75, 3.05) is 30.8 Å². The summed E-state index contributed by atoms with van der Waals surface area (Å²) in [6, 6.07) is 12.5. The molecule has 5 rings (SSSR count). The molecular weight excluding hydrogens is 394 g/mol. The number of nitrogen functional groups attached to an aromatic ring is 1. The number of ether oxygens (including phenoxy) is 1. The van der Waals surface area contributed by atoms with Crippen LogP contribution in [0.1, 0.15) is 23.7 Å². The molecular formula is C22H23N7O2. The molecule has 4 heterocycles. The van der Waals surface area contributed by atoms with E-state index in [0.717, 1.165) is 23.4 Å². The monoisotopic (exact) mass is 417 g/mol. The molecule has 0 aliphatic carbocycles. The molecule has 0 unspecified atom stereocenters. The van der Waals surface area contributed by atoms with Gasteiger partial charge in [0.25, 0.3) is 5.91 Å². The van der Waals surface area contributed by atoms with E-state index in [0.29, 0.717) is 36.1 Å². The lowest BCUT2D eigenvalue weighted by atomic mass is 10.1. The molecule has 158 valence electrons. The second-order valence-corrected chi connectivity index (χ2v) is 7.18. The zero-order valence-electron chi connectivity index (χ0n) is 16.7. The van der Waals surface area contributed by atoms with Gasteiger partial charge in [-0.25, -0.2) is 15.0 Å². The van der Waals surface area contributed by atoms with Gasteiger partial charge in [-0.2, -0.15) is 0 Å². The Morgan fingerprint density at radius 3 is 2.81 bits per heavy atom. The maximum Gasteiger partial charge on any atom is 0.256 e. The number of hydrogen-bond acceptors (Lipinski definition) is 7. The Balaban J connectivity index is 0.00000245. The van der Waals surface area contributed by atoms with Crippen LogP contribution in [0.4, 0.5) is 11.6 Å². The zero-order chi connectivity index (χ0) is 21.2. The van der Waals surface area contributed by atoms with Crippen molar-refractivity contribution in [1.29, 1.82) is 0 Å². The Bertz CT molecular complexity index is 1220. The first-order valence-electron chi connectivity index (χ1n) is 9.97. The van der Waals surface area contributed by atoms with E-state index in [1.165, 1.54) is 0 Å². The predicted molar refractivity (Wildman–Crippen MR) is 119 cm³/mol. The molecule has 1 aliphatic heterocycles. The van der Waals surface area contributed by atoms with Crippen LogP contribution in [0.2, 0.25) is 0 Å². The molecule has 3 aromatic heterocycles. The van der Waals surface area contributed by atoms with Gasteiger partial charge in [0.15, 0.2) is 0 Å². The van der Waals surface area contributed by atoms with E-state index < -0.39 is 0 Å². The first-order valence-corrected chi connectivity index (χ1v) is 9.97. The second kappa shape index (κ2) is 8.13. The van der Waals surface area contributed by atoms with Crippen molar-refractivity contribution in [1.82, 2.24) is 24.7 Å². The highest BCUT2D eigenvalue weighted by Crippen LogP contribution is 2.30. The highest BCUT2D eigenvalue weighted by molar-refractivity contribution is 6.04. The van der Waals surface area contributed by atoms with Crippen LogP contribution in [-0.4, -0.2) is 45.0 Å². The molecule has 1 amide bonds. The van der Waals surface area contributed by atoms with E-state index in [1.807, 2.05) is 28.8 Å². The quantitative estimate of drug-likeness (QED) is 0.467. The number of nitrogens with one attached hydrogen (secondary N) is 2. The Hall–Kier alpha value is -3.82. The topological polar surface area (TPSA) is 119 Å². The molecule has 31 heavy (non-hydrogen) atoms. The summed E-state index contributed by atoms with van der Waals surface area (Å²) in [4.78, 5) is 25.7. The molecule has 1 fully saturated rings. The number of anilines is 2. The molecule has 0 radical (unpaired) electrons. The number of nitrogens with two attached hydrogens (primary N) is 1. The highest BCUT2D eigenvalue weighted by Gasteiger charge is 2.24. The van der Waals surface area contributed by atoms with E-state index >= 15 is 0 Å². The Kier molecular flexibility index (Phi) is 5.03. The normalized spacial score (nSPS) is 16.3. The third kappa shape index (κ3) is 3.72. The van der Waals surface area contributed by atoms with Crippen LogP contribution in [0.25, 0.3) is 16.8 Å². The van der Waals surface area contributed by atoms with Gasteiger partial charge in [-0.3, -0.25) is 9.20 Å². The van der Waals surface area contributed by atoms with Crippen molar-refractivity contribution in [2.45, 2.75) is 6.04 Å². The van der Waals surface area contributed by atoms with E-state index in [9.17, 15) is 4.79 Å². The molecule has 0 bridgehead atoms. The summed E-state index contributed by atoms with van der Waals surface area (Å²) >= 11 is 0. The van der Waals surface area contributed by atoms with Crippen molar-refractivity contribution in [3.63, 3.8) is 0 Å². The van der Waals surface area contributed by atoms with Gasteiger partial charge in [0.1, 0.15) is 28.7 Å². The highest BCUT2D eigenvalue weighted by atomic mass is 16.5. The van der Waals surface area contributed by atoms with Gasteiger partial charge in [0.05, 0.1) is 19.3 Å². The fraction of sp³-hybridized carbons (Fsp3) is 0.182. The lowest BCUT2D eigenvalue weighted by Gasteiger charge is -2.22. The Morgan fingerprint density at radius 1 is 1.19 bits per heavy atom. The standard InChI is InChI=1S/C22H21N7O2.H2/c23-20-19-18(28-21(29(19)11-9-26-20)16-13-31-12-10-24-16)14-4-6-15(7-5-14)22(30)27-17-3-1-2-8-25-17;/h1-9,11,16,24H,10,12-13H2,(H2,23,26)(H,25,27,30);1H/t16-;/m0./s1. The SMILES string of the molecule is Nc1nccn2c([C@@H]3COCCN3)nc(-c3ccc(C(=O)Nc4ccccn4)cc3)c12.[HH]. The number of rotatable bonds is 4. The predicted octanol–water partition coefficient (Wildman–Crippen LogP) is 2.53. The van der Waals surface area contributed by atoms with Crippen LogP contribution in [0.15, 0.2) is 61.1 Å². The minimum Gasteiger partial charge on any atom is -0.382 e. The number of morpholine rings is 1. The van der Waals surface area contributed by atoms with Crippen LogP contribution < -0.4 is 16.4 Å². The summed E-state index contributed by atoms with van der Waals surface area (Å²) in [6.07, 6.45) is 5.14. The summed E-state index contributed by atoms with van der Waals surface area (Å²) in [6.45, 7) is 1.97. The molecule has 0 saturated carbocycles. The smallest absolute Gasteiger partial charge is 0.256 e. The van der Waals surface area contributed by atoms with E-state index in [1.54, 1.807) is 36.7 Å². The minimum absolute atomic E-state index is 0. The van der Waals surface area contributed by atoms with E-state index in [2.05, 4.69) is 20.6 Å². The largest absolute Gasteiger partial charge is 0.382 e. The lowest BCUT2D eigenvalue weighted by molar-refractivity contribution is 0.0741. The van der Waals surface area contributed by atoms with Crippen LogP contribution in [0.3, 0.4) is 0 Å². The number of carbonyl (C=O) groups is 1. The molecule has 4 aromatic rings. The number of benzene rings is 1. The molecule has 0 spiro atoms. The fourth-order valence-electron chi connectivity index (χ4n) is 3.67. The number of nitrogens with zero attached hydrogens (tertiary/aromatic N) is 4. The molecule has 4 N–H and O–H groups in total. The summed E-state index contributed by atoms with van der Waals surface area (Å²) in [5.41, 5.74) is 9.01. The number of amides is 1. The summed E-state index contributed by atoms with van der Waals surface area (Å²) < 4.78 is 7.56. The molecule has 1 aromatic carbocycles. The summed E-state index contributed by atoms with van der Waals surface area (Å²) in [5.74, 6) is 1.48. The molecule has 1 aliphatic rings. The van der Waals surface area contributed by atoms with Crippen LogP contribution in [0, 0.1) is 0 Å². The van der Waals surface area contributed by atoms with Gasteiger partial charge < -0.3 is 21.1 Å². The molecule has 9 nitrogen and oxygen atoms in total. The average Bonchev–Trinajstić information content (AvgIpc) is 3.21. The van der Waals surface area contributed by atoms with Gasteiger partial charge >= 0.3 is 0 Å². The van der Waals surface area contributed by atoms with Crippen LogP contribution in [0.5, 0.6) is 0 Å². The van der Waals surface area contributed by atoms with Gasteiger partial charge in [0.2, 0.25) is 0 Å². The third-order valence-corrected chi connectivity index (χ3v) is 5.17. The first kappa shape index (κ1) is 19.2. The summed E-state index contributed by atoms with van der Waals surface area (Å²) in [5, 5.41) is 6.21. The number of fused-ring (bicyclic) bond motifs is 1. The molecule has 9 heteroatoms. The zero-order valence-corrected chi connectivity index (χ0v) is 16.7. The first-order chi connectivity index (χ1) is 15.2. The second-order valence-electron chi connectivity index (χ2n) is 7.18. The molecule has 1 atom stereocenters. The molecule has 1 saturated heterocycles. The van der Waals surface area contributed by atoms with E-state index in [-0.39, 0.29) is 13.4 Å². The van der Waals surface area contributed by atoms with Crippen LogP contribution in [-0.2, 0) is 4.74 Å². The Labute approximate surface area is 179 Å². The van der Waals surface area contributed by atoms with Crippen molar-refractivity contribution in [3.05, 3.63) is 72.4 Å². The van der Waals surface area contributed by atoms with Crippen molar-refractivity contribution in [3.8, 4) is 11.3 Å². The van der Waals surface area contributed by atoms with E-state index in [4.69, 9.17) is 15.5 Å². The number of aromatic nitrogens is 4. The number of pyridine rings is 1. The van der Waals surface area contributed by atoms with Crippen molar-refractivity contribution in [2.24, 2.45) is 0 Å². The summed E-state index contributed by atoms with van der Waals surface area (Å²) in [7, 11) is 0. The average molecular weight is 417 g/mol. The van der Waals surface area contributed by atoms with Gasteiger partial charge in [0, 0.05) is 37.7 Å². The van der Waals surface area contributed by atoms with Gasteiger partial charge in [-0.1, -0.05) is 18.2 Å². The third-order valence-electron chi connectivity index (χ3n) is 5.17. The van der Waals surface area contributed by atoms with Crippen molar-refractivity contribution < 1.29 is 11.0 Å². The van der Waals surface area contributed by atoms with Gasteiger partial charge in [-0.15, -0.1) is 0 Å². The number of imidazole rings is 1. The lowest BCUT2D eigenvalue weighted by Crippen LogP contribution is -2.35. The van der Waals surface area contributed by atoms with Crippen LogP contribution >= 0.6 is 0 Å². The van der Waals surface area contributed by atoms with Crippen molar-refractivity contribution >= 4 is 23.1 Å².